The predicted molar refractivity (Wildman–Crippen MR) is 76.2 cm³/mol. The van der Waals surface area contributed by atoms with Crippen molar-refractivity contribution >= 4 is 21.6 Å². The molecule has 0 amide bonds. The molecule has 5 heteroatoms. The van der Waals surface area contributed by atoms with Gasteiger partial charge in [0.15, 0.2) is 11.5 Å². The molecule has 2 aromatic heterocycles. The molecule has 0 radical (unpaired) electrons. The molecule has 0 unspecified atom stereocenters. The first-order chi connectivity index (χ1) is 9.22. The van der Waals surface area contributed by atoms with Crippen LogP contribution >= 0.6 is 15.9 Å². The van der Waals surface area contributed by atoms with Gasteiger partial charge in [0, 0.05) is 10.7 Å². The molecule has 4 nitrogen and oxygen atoms in total. The van der Waals surface area contributed by atoms with E-state index in [1.807, 2.05) is 53.9 Å². The number of fused-ring (bicyclic) bond motifs is 1. The first-order valence-electron chi connectivity index (χ1n) is 5.91. The second-order valence-corrected chi connectivity index (χ2v) is 5.21. The zero-order valence-electron chi connectivity index (χ0n) is 10.4. The average molecular weight is 318 g/mol. The van der Waals surface area contributed by atoms with Gasteiger partial charge < -0.3 is 4.74 Å². The van der Waals surface area contributed by atoms with Crippen LogP contribution in [-0.2, 0) is 6.61 Å². The van der Waals surface area contributed by atoms with Crippen molar-refractivity contribution in [3.8, 4) is 5.75 Å². The smallest absolute Gasteiger partial charge is 0.175 e. The van der Waals surface area contributed by atoms with Gasteiger partial charge in [0.2, 0.25) is 0 Å². The topological polar surface area (TPSA) is 39.4 Å². The van der Waals surface area contributed by atoms with Crippen LogP contribution in [0.25, 0.3) is 5.65 Å². The highest BCUT2D eigenvalue weighted by Crippen LogP contribution is 2.16. The van der Waals surface area contributed by atoms with Crippen molar-refractivity contribution in [2.24, 2.45) is 0 Å². The van der Waals surface area contributed by atoms with Crippen molar-refractivity contribution in [2.45, 2.75) is 13.5 Å². The lowest BCUT2D eigenvalue weighted by molar-refractivity contribution is 0.294. The number of aromatic nitrogens is 3. The summed E-state index contributed by atoms with van der Waals surface area (Å²) in [5.74, 6) is 1.62. The van der Waals surface area contributed by atoms with E-state index in [9.17, 15) is 0 Å². The minimum absolute atomic E-state index is 0.395. The molecule has 0 aliphatic rings. The Morgan fingerprint density at radius 2 is 2.11 bits per heavy atom. The molecule has 0 saturated heterocycles. The average Bonchev–Trinajstić information content (AvgIpc) is 2.78. The summed E-state index contributed by atoms with van der Waals surface area (Å²) in [4.78, 5) is 0. The van der Waals surface area contributed by atoms with Gasteiger partial charge in [-0.05, 0) is 36.8 Å². The Balaban J connectivity index is 1.82. The van der Waals surface area contributed by atoms with Crippen LogP contribution in [0, 0.1) is 6.92 Å². The molecular formula is C14H12BrN3O. The molecule has 3 rings (SSSR count). The van der Waals surface area contributed by atoms with Crippen LogP contribution in [-0.4, -0.2) is 14.6 Å². The number of pyridine rings is 1. The maximum absolute atomic E-state index is 5.73. The van der Waals surface area contributed by atoms with E-state index in [1.54, 1.807) is 0 Å². The fourth-order valence-electron chi connectivity index (χ4n) is 1.87. The lowest BCUT2D eigenvalue weighted by Gasteiger charge is -2.05. The number of hydrogen-bond acceptors (Lipinski definition) is 3. The third-order valence-corrected chi connectivity index (χ3v) is 3.29. The number of ether oxygens (including phenoxy) is 1. The quantitative estimate of drug-likeness (QED) is 0.743. The summed E-state index contributed by atoms with van der Waals surface area (Å²) < 4.78 is 8.64. The minimum atomic E-state index is 0.395. The normalized spacial score (nSPS) is 10.8. The zero-order valence-corrected chi connectivity index (χ0v) is 12.0. The Bertz CT molecular complexity index is 724. The summed E-state index contributed by atoms with van der Waals surface area (Å²) in [5, 5.41) is 8.25. The molecule has 0 saturated carbocycles. The number of benzene rings is 1. The number of aryl methyl sites for hydroxylation is 1. The molecule has 0 aliphatic heterocycles. The lowest BCUT2D eigenvalue weighted by atomic mass is 10.2. The van der Waals surface area contributed by atoms with Crippen molar-refractivity contribution in [1.29, 1.82) is 0 Å². The van der Waals surface area contributed by atoms with E-state index in [0.717, 1.165) is 21.7 Å². The van der Waals surface area contributed by atoms with Gasteiger partial charge in [-0.25, -0.2) is 0 Å². The van der Waals surface area contributed by atoms with Crippen LogP contribution in [0.1, 0.15) is 11.4 Å². The van der Waals surface area contributed by atoms with Crippen molar-refractivity contribution in [1.82, 2.24) is 14.6 Å². The minimum Gasteiger partial charge on any atom is -0.486 e. The van der Waals surface area contributed by atoms with Gasteiger partial charge in [-0.3, -0.25) is 4.40 Å². The Labute approximate surface area is 119 Å². The van der Waals surface area contributed by atoms with Gasteiger partial charge in [-0.1, -0.05) is 28.1 Å². The second kappa shape index (κ2) is 5.01. The van der Waals surface area contributed by atoms with E-state index >= 15 is 0 Å². The summed E-state index contributed by atoms with van der Waals surface area (Å²) >= 11 is 3.41. The van der Waals surface area contributed by atoms with Crippen molar-refractivity contribution in [3.05, 3.63) is 58.5 Å². The number of rotatable bonds is 3. The van der Waals surface area contributed by atoms with E-state index in [2.05, 4.69) is 26.1 Å². The summed E-state index contributed by atoms with van der Waals surface area (Å²) in [6.45, 7) is 2.43. The molecule has 19 heavy (non-hydrogen) atoms. The van der Waals surface area contributed by atoms with E-state index in [-0.39, 0.29) is 0 Å². The van der Waals surface area contributed by atoms with Crippen LogP contribution in [0.3, 0.4) is 0 Å². The Hall–Kier alpha value is -1.88. The summed E-state index contributed by atoms with van der Waals surface area (Å²) in [5.41, 5.74) is 1.98. The molecule has 0 spiro atoms. The fraction of sp³-hybridized carbons (Fsp3) is 0.143. The van der Waals surface area contributed by atoms with Gasteiger partial charge in [0.05, 0.1) is 0 Å². The Kier molecular flexibility index (Phi) is 3.21. The number of halogens is 1. The van der Waals surface area contributed by atoms with Crippen molar-refractivity contribution in [3.63, 3.8) is 0 Å². The first kappa shape index (κ1) is 12.2. The van der Waals surface area contributed by atoms with Gasteiger partial charge >= 0.3 is 0 Å². The highest BCUT2D eigenvalue weighted by atomic mass is 79.9. The third-order valence-electron chi connectivity index (χ3n) is 2.80. The third kappa shape index (κ3) is 2.61. The SMILES string of the molecule is Cc1cccc(OCc2nnc3cc(Br)ccn23)c1. The maximum atomic E-state index is 5.73. The molecule has 0 fully saturated rings. The van der Waals surface area contributed by atoms with Crippen LogP contribution in [0.2, 0.25) is 0 Å². The van der Waals surface area contributed by atoms with Crippen LogP contribution < -0.4 is 4.74 Å². The van der Waals surface area contributed by atoms with Crippen molar-refractivity contribution < 1.29 is 4.74 Å². The van der Waals surface area contributed by atoms with E-state index in [0.29, 0.717) is 6.61 Å². The van der Waals surface area contributed by atoms with E-state index in [4.69, 9.17) is 4.74 Å². The fourth-order valence-corrected chi connectivity index (χ4v) is 2.19. The largest absolute Gasteiger partial charge is 0.486 e. The van der Waals surface area contributed by atoms with E-state index in [1.165, 1.54) is 5.56 Å². The number of nitrogens with zero attached hydrogens (tertiary/aromatic N) is 3. The van der Waals surface area contributed by atoms with Crippen LogP contribution in [0.15, 0.2) is 47.1 Å². The van der Waals surface area contributed by atoms with Gasteiger partial charge in [0.25, 0.3) is 0 Å². The molecule has 96 valence electrons. The maximum Gasteiger partial charge on any atom is 0.175 e. The molecule has 2 heterocycles. The summed E-state index contributed by atoms with van der Waals surface area (Å²) in [6, 6.07) is 11.8. The molecule has 3 aromatic rings. The van der Waals surface area contributed by atoms with Crippen molar-refractivity contribution in [2.75, 3.05) is 0 Å². The van der Waals surface area contributed by atoms with Crippen LogP contribution in [0.4, 0.5) is 0 Å². The molecule has 0 N–H and O–H groups in total. The van der Waals surface area contributed by atoms with E-state index < -0.39 is 0 Å². The van der Waals surface area contributed by atoms with Gasteiger partial charge in [-0.15, -0.1) is 10.2 Å². The molecule has 0 bridgehead atoms. The molecule has 1 aromatic carbocycles. The monoisotopic (exact) mass is 317 g/mol. The Morgan fingerprint density at radius 3 is 2.95 bits per heavy atom. The number of hydrogen-bond donors (Lipinski definition) is 0. The summed E-state index contributed by atoms with van der Waals surface area (Å²) in [7, 11) is 0. The first-order valence-corrected chi connectivity index (χ1v) is 6.70. The predicted octanol–water partition coefficient (Wildman–Crippen LogP) is 3.38. The van der Waals surface area contributed by atoms with Gasteiger partial charge in [0.1, 0.15) is 12.4 Å². The highest BCUT2D eigenvalue weighted by Gasteiger charge is 2.06. The molecular weight excluding hydrogens is 306 g/mol. The Morgan fingerprint density at radius 1 is 1.21 bits per heavy atom. The summed E-state index contributed by atoms with van der Waals surface area (Å²) in [6.07, 6.45) is 1.92. The molecule has 0 atom stereocenters. The second-order valence-electron chi connectivity index (χ2n) is 4.29. The highest BCUT2D eigenvalue weighted by molar-refractivity contribution is 9.10. The van der Waals surface area contributed by atoms with Crippen LogP contribution in [0.5, 0.6) is 5.75 Å². The van der Waals surface area contributed by atoms with Gasteiger partial charge in [-0.2, -0.15) is 0 Å². The standard InChI is InChI=1S/C14H12BrN3O/c1-10-3-2-4-12(7-10)19-9-14-17-16-13-8-11(15)5-6-18(13)14/h2-8H,9H2,1H3. The lowest BCUT2D eigenvalue weighted by Crippen LogP contribution is -2.01. The zero-order chi connectivity index (χ0) is 13.2. The molecule has 0 aliphatic carbocycles.